The second-order valence-electron chi connectivity index (χ2n) is 4.78. The lowest BCUT2D eigenvalue weighted by Crippen LogP contribution is -2.36. The van der Waals surface area contributed by atoms with E-state index in [1.807, 2.05) is 0 Å². The van der Waals surface area contributed by atoms with Gasteiger partial charge >= 0.3 is 0 Å². The fourth-order valence-electron chi connectivity index (χ4n) is 2.43. The summed E-state index contributed by atoms with van der Waals surface area (Å²) in [6.45, 7) is 7.80. The number of hydrogen-bond acceptors (Lipinski definition) is 3. The largest absolute Gasteiger partial charge is 0.395 e. The zero-order valence-corrected chi connectivity index (χ0v) is 9.90. The maximum atomic E-state index is 9.01. The van der Waals surface area contributed by atoms with Crippen LogP contribution >= 0.6 is 0 Å². The number of aliphatic imine (C=N–C) groups is 1. The summed E-state index contributed by atoms with van der Waals surface area (Å²) >= 11 is 0. The molecular weight excluding hydrogens is 192 g/mol. The number of hydrogen-bond donors (Lipinski definition) is 2. The highest BCUT2D eigenvalue weighted by atomic mass is 16.3. The van der Waals surface area contributed by atoms with Gasteiger partial charge in [0.2, 0.25) is 0 Å². The topological polar surface area (TPSA) is 56.1 Å². The van der Waals surface area contributed by atoms with Crippen molar-refractivity contribution in [2.24, 2.45) is 10.4 Å². The minimum absolute atomic E-state index is 0.0593. The van der Waals surface area contributed by atoms with Crippen LogP contribution in [0.3, 0.4) is 0 Å². The molecule has 1 unspecified atom stereocenters. The second kappa shape index (κ2) is 4.94. The lowest BCUT2D eigenvalue weighted by molar-refractivity contribution is 0.233. The molecule has 2 N–H and O–H groups in total. The van der Waals surface area contributed by atoms with Gasteiger partial charge in [-0.2, -0.15) is 0 Å². The molecule has 0 amide bonds. The molecule has 0 aromatic heterocycles. The van der Waals surface area contributed by atoms with Crippen LogP contribution in [0.1, 0.15) is 27.2 Å². The summed E-state index contributed by atoms with van der Waals surface area (Å²) in [6.07, 6.45) is 1.05. The Bertz CT molecular complexity index is 239. The molecule has 1 aliphatic heterocycles. The fourth-order valence-corrected chi connectivity index (χ4v) is 2.43. The van der Waals surface area contributed by atoms with Crippen LogP contribution in [0.2, 0.25) is 0 Å². The number of nitrogens with zero attached hydrogens (tertiary/aromatic N) is 2. The van der Waals surface area contributed by atoms with Gasteiger partial charge in [-0.05, 0) is 13.3 Å². The van der Waals surface area contributed by atoms with Crippen molar-refractivity contribution >= 4 is 5.84 Å². The van der Waals surface area contributed by atoms with Crippen LogP contribution in [-0.4, -0.2) is 53.3 Å². The van der Waals surface area contributed by atoms with Gasteiger partial charge in [0.15, 0.2) is 0 Å². The SMILES string of the molecule is CC1CC(C)(C)C(=NCCO)N1CCO. The second-order valence-corrected chi connectivity index (χ2v) is 4.78. The third kappa shape index (κ3) is 2.69. The quantitative estimate of drug-likeness (QED) is 0.716. The number of amidine groups is 1. The number of β-amino-alcohol motifs (C(OH)–C–C–N with tert-alkyl or cyclic N) is 1. The summed E-state index contributed by atoms with van der Waals surface area (Å²) in [6, 6.07) is 0.421. The predicted octanol–water partition coefficient (Wildman–Crippen LogP) is 0.490. The Morgan fingerprint density at radius 2 is 2.07 bits per heavy atom. The summed E-state index contributed by atoms with van der Waals surface area (Å²) in [5, 5.41) is 17.8. The lowest BCUT2D eigenvalue weighted by Gasteiger charge is -2.26. The molecule has 1 aliphatic rings. The monoisotopic (exact) mass is 214 g/mol. The first kappa shape index (κ1) is 12.5. The molecule has 88 valence electrons. The van der Waals surface area contributed by atoms with E-state index in [1.54, 1.807) is 0 Å². The Morgan fingerprint density at radius 3 is 2.60 bits per heavy atom. The molecule has 1 heterocycles. The molecule has 4 heteroatoms. The van der Waals surface area contributed by atoms with Crippen molar-refractivity contribution in [3.63, 3.8) is 0 Å². The highest BCUT2D eigenvalue weighted by Gasteiger charge is 2.40. The van der Waals surface area contributed by atoms with Crippen molar-refractivity contribution in [1.82, 2.24) is 4.90 Å². The molecule has 0 spiro atoms. The van der Waals surface area contributed by atoms with Gasteiger partial charge in [-0.15, -0.1) is 0 Å². The molecular formula is C11H22N2O2. The van der Waals surface area contributed by atoms with Gasteiger partial charge in [-0.3, -0.25) is 4.99 Å². The third-order valence-electron chi connectivity index (χ3n) is 2.92. The minimum Gasteiger partial charge on any atom is -0.395 e. The van der Waals surface area contributed by atoms with Crippen molar-refractivity contribution in [2.45, 2.75) is 33.2 Å². The third-order valence-corrected chi connectivity index (χ3v) is 2.92. The molecule has 1 saturated heterocycles. The van der Waals surface area contributed by atoms with Gasteiger partial charge < -0.3 is 15.1 Å². The Hall–Kier alpha value is -0.610. The molecule has 15 heavy (non-hydrogen) atoms. The van der Waals surface area contributed by atoms with Gasteiger partial charge in [0.1, 0.15) is 5.84 Å². The number of aliphatic hydroxyl groups excluding tert-OH is 2. The molecule has 0 saturated carbocycles. The van der Waals surface area contributed by atoms with Gasteiger partial charge in [-0.1, -0.05) is 13.8 Å². The van der Waals surface area contributed by atoms with E-state index >= 15 is 0 Å². The smallest absolute Gasteiger partial charge is 0.105 e. The molecule has 0 aromatic rings. The van der Waals surface area contributed by atoms with Gasteiger partial charge in [0.05, 0.1) is 19.8 Å². The minimum atomic E-state index is 0.0593. The highest BCUT2D eigenvalue weighted by molar-refractivity contribution is 5.90. The Morgan fingerprint density at radius 1 is 1.40 bits per heavy atom. The maximum Gasteiger partial charge on any atom is 0.105 e. The number of rotatable bonds is 4. The van der Waals surface area contributed by atoms with E-state index in [1.165, 1.54) is 0 Å². The first-order valence-electron chi connectivity index (χ1n) is 5.56. The molecule has 4 nitrogen and oxygen atoms in total. The number of likely N-dealkylation sites (tertiary alicyclic amines) is 1. The van der Waals surface area contributed by atoms with E-state index in [0.29, 0.717) is 19.1 Å². The molecule has 1 rings (SSSR count). The first-order chi connectivity index (χ1) is 7.03. The van der Waals surface area contributed by atoms with Crippen LogP contribution in [0.25, 0.3) is 0 Å². The molecule has 0 aliphatic carbocycles. The highest BCUT2D eigenvalue weighted by Crippen LogP contribution is 2.35. The summed E-state index contributed by atoms with van der Waals surface area (Å²) < 4.78 is 0. The summed E-state index contributed by atoms with van der Waals surface area (Å²) in [4.78, 5) is 6.57. The molecule has 0 radical (unpaired) electrons. The van der Waals surface area contributed by atoms with Crippen molar-refractivity contribution in [1.29, 1.82) is 0 Å². The maximum absolute atomic E-state index is 9.01. The Labute approximate surface area is 91.6 Å². The molecule has 0 bridgehead atoms. The van der Waals surface area contributed by atoms with Crippen LogP contribution in [-0.2, 0) is 0 Å². The Kier molecular flexibility index (Phi) is 4.11. The fraction of sp³-hybridized carbons (Fsp3) is 0.909. The molecule has 0 aromatic carbocycles. The van der Waals surface area contributed by atoms with E-state index < -0.39 is 0 Å². The van der Waals surface area contributed by atoms with E-state index in [0.717, 1.165) is 12.3 Å². The normalized spacial score (nSPS) is 27.7. The van der Waals surface area contributed by atoms with Gasteiger partial charge in [0, 0.05) is 18.0 Å². The van der Waals surface area contributed by atoms with Crippen molar-refractivity contribution < 1.29 is 10.2 Å². The van der Waals surface area contributed by atoms with Crippen LogP contribution in [0.4, 0.5) is 0 Å². The average Bonchev–Trinajstić information content (AvgIpc) is 2.35. The lowest BCUT2D eigenvalue weighted by atomic mass is 9.89. The van der Waals surface area contributed by atoms with E-state index in [-0.39, 0.29) is 18.6 Å². The zero-order chi connectivity index (χ0) is 11.5. The molecule has 1 fully saturated rings. The predicted molar refractivity (Wildman–Crippen MR) is 61.0 cm³/mol. The molecule has 1 atom stereocenters. The first-order valence-corrected chi connectivity index (χ1v) is 5.56. The summed E-state index contributed by atoms with van der Waals surface area (Å²) in [7, 11) is 0. The summed E-state index contributed by atoms with van der Waals surface area (Å²) in [5.74, 6) is 1.03. The standard InChI is InChI=1S/C11H22N2O2/c1-9-8-11(2,3)10(12-4-6-14)13(9)5-7-15/h9,14-15H,4-8H2,1-3H3. The average molecular weight is 214 g/mol. The van der Waals surface area contributed by atoms with Crippen LogP contribution in [0, 0.1) is 5.41 Å². The van der Waals surface area contributed by atoms with Gasteiger partial charge in [-0.25, -0.2) is 0 Å². The van der Waals surface area contributed by atoms with Crippen LogP contribution in [0.5, 0.6) is 0 Å². The van der Waals surface area contributed by atoms with E-state index in [2.05, 4.69) is 30.7 Å². The summed E-state index contributed by atoms with van der Waals surface area (Å²) in [5.41, 5.74) is 0.0593. The number of aliphatic hydroxyl groups is 2. The van der Waals surface area contributed by atoms with Crippen LogP contribution < -0.4 is 0 Å². The van der Waals surface area contributed by atoms with E-state index in [9.17, 15) is 0 Å². The van der Waals surface area contributed by atoms with E-state index in [4.69, 9.17) is 10.2 Å². The van der Waals surface area contributed by atoms with Gasteiger partial charge in [0.25, 0.3) is 0 Å². The van der Waals surface area contributed by atoms with Crippen molar-refractivity contribution in [3.05, 3.63) is 0 Å². The van der Waals surface area contributed by atoms with Crippen molar-refractivity contribution in [3.8, 4) is 0 Å². The Balaban J connectivity index is 2.83. The zero-order valence-electron chi connectivity index (χ0n) is 9.90. The van der Waals surface area contributed by atoms with Crippen LogP contribution in [0.15, 0.2) is 4.99 Å². The van der Waals surface area contributed by atoms with Crippen molar-refractivity contribution in [2.75, 3.05) is 26.3 Å².